The molecule has 0 aromatic heterocycles. The minimum atomic E-state index is 0.0399. The van der Waals surface area contributed by atoms with Crippen LogP contribution < -0.4 is 0 Å². The molecule has 1 saturated carbocycles. The molecule has 58 valence electrons. The summed E-state index contributed by atoms with van der Waals surface area (Å²) >= 11 is 0. The minimum absolute atomic E-state index is 0.0399. The van der Waals surface area contributed by atoms with Gasteiger partial charge >= 0.3 is 0 Å². The third-order valence-electron chi connectivity index (χ3n) is 2.66. The van der Waals surface area contributed by atoms with E-state index in [9.17, 15) is 0 Å². The highest BCUT2D eigenvalue weighted by molar-refractivity contribution is 5.11. The molecule has 1 unspecified atom stereocenters. The van der Waals surface area contributed by atoms with Gasteiger partial charge in [0.25, 0.3) is 0 Å². The van der Waals surface area contributed by atoms with Gasteiger partial charge in [0.05, 0.1) is 6.61 Å². The van der Waals surface area contributed by atoms with E-state index >= 15 is 0 Å². The van der Waals surface area contributed by atoms with E-state index in [2.05, 4.69) is 13.5 Å². The molecule has 0 aromatic rings. The predicted molar refractivity (Wildman–Crippen MR) is 42.8 cm³/mol. The third-order valence-corrected chi connectivity index (χ3v) is 2.66. The monoisotopic (exact) mass is 140 g/mol. The Balaban J connectivity index is 2.63. The van der Waals surface area contributed by atoms with Gasteiger partial charge in [-0.05, 0) is 19.3 Å². The summed E-state index contributed by atoms with van der Waals surface area (Å²) in [6.07, 6.45) is 4.73. The topological polar surface area (TPSA) is 20.2 Å². The van der Waals surface area contributed by atoms with Gasteiger partial charge < -0.3 is 5.11 Å². The second kappa shape index (κ2) is 2.75. The lowest BCUT2D eigenvalue weighted by atomic mass is 9.73. The zero-order valence-electron chi connectivity index (χ0n) is 6.69. The lowest BCUT2D eigenvalue weighted by molar-refractivity contribution is 0.147. The Kier molecular flexibility index (Phi) is 2.14. The molecule has 1 nitrogen and oxygen atoms in total. The van der Waals surface area contributed by atoms with E-state index in [-0.39, 0.29) is 12.0 Å². The highest BCUT2D eigenvalue weighted by atomic mass is 16.3. The Bertz CT molecular complexity index is 140. The Labute approximate surface area is 62.8 Å². The summed E-state index contributed by atoms with van der Waals surface area (Å²) in [7, 11) is 0. The first kappa shape index (κ1) is 7.80. The van der Waals surface area contributed by atoms with Crippen LogP contribution in [0.5, 0.6) is 0 Å². The molecule has 0 amide bonds. The lowest BCUT2D eigenvalue weighted by Gasteiger charge is -2.33. The molecule has 1 N–H and O–H groups in total. The smallest absolute Gasteiger partial charge is 0.0521 e. The van der Waals surface area contributed by atoms with Crippen LogP contribution in [0.4, 0.5) is 0 Å². The quantitative estimate of drug-likeness (QED) is 0.553. The van der Waals surface area contributed by atoms with Crippen LogP contribution >= 0.6 is 0 Å². The Morgan fingerprint density at radius 1 is 1.60 bits per heavy atom. The maximum atomic E-state index is 9.06. The fraction of sp³-hybridized carbons (Fsp3) is 0.778. The first-order valence-electron chi connectivity index (χ1n) is 3.98. The van der Waals surface area contributed by atoms with Crippen molar-refractivity contribution in [3.63, 3.8) is 0 Å². The molecule has 0 aromatic carbocycles. The highest BCUT2D eigenvalue weighted by Crippen LogP contribution is 2.38. The number of rotatable bonds is 1. The molecule has 1 rings (SSSR count). The molecule has 0 bridgehead atoms. The molecule has 1 fully saturated rings. The van der Waals surface area contributed by atoms with Crippen LogP contribution in [-0.4, -0.2) is 11.7 Å². The van der Waals surface area contributed by atoms with E-state index in [4.69, 9.17) is 5.11 Å². The molecule has 0 spiro atoms. The number of hydrogen-bond donors (Lipinski definition) is 1. The van der Waals surface area contributed by atoms with E-state index in [0.29, 0.717) is 0 Å². The van der Waals surface area contributed by atoms with Gasteiger partial charge in [0.1, 0.15) is 0 Å². The number of hydrogen-bond acceptors (Lipinski definition) is 1. The average Bonchev–Trinajstić information content (AvgIpc) is 1.96. The zero-order valence-corrected chi connectivity index (χ0v) is 6.69. The summed E-state index contributed by atoms with van der Waals surface area (Å²) in [4.78, 5) is 0. The molecular formula is C9H16O. The fourth-order valence-corrected chi connectivity index (χ4v) is 1.52. The van der Waals surface area contributed by atoms with E-state index < -0.39 is 0 Å². The van der Waals surface area contributed by atoms with Crippen LogP contribution in [0.1, 0.15) is 32.6 Å². The van der Waals surface area contributed by atoms with Crippen molar-refractivity contribution in [2.75, 3.05) is 6.61 Å². The van der Waals surface area contributed by atoms with Crippen molar-refractivity contribution in [3.8, 4) is 0 Å². The van der Waals surface area contributed by atoms with Crippen LogP contribution in [0, 0.1) is 5.41 Å². The van der Waals surface area contributed by atoms with Crippen molar-refractivity contribution in [1.29, 1.82) is 0 Å². The molecule has 10 heavy (non-hydrogen) atoms. The maximum absolute atomic E-state index is 9.06. The molecule has 1 aliphatic carbocycles. The van der Waals surface area contributed by atoms with Crippen LogP contribution in [0.25, 0.3) is 0 Å². The van der Waals surface area contributed by atoms with Gasteiger partial charge in [-0.25, -0.2) is 0 Å². The Hall–Kier alpha value is -0.300. The van der Waals surface area contributed by atoms with E-state index in [1.165, 1.54) is 18.4 Å². The minimum Gasteiger partial charge on any atom is -0.395 e. The van der Waals surface area contributed by atoms with E-state index in [0.717, 1.165) is 12.8 Å². The highest BCUT2D eigenvalue weighted by Gasteiger charge is 2.28. The molecule has 0 aliphatic heterocycles. The SMILES string of the molecule is C=C1CCCCC1(C)CO. The van der Waals surface area contributed by atoms with Gasteiger partial charge in [-0.1, -0.05) is 25.5 Å². The van der Waals surface area contributed by atoms with Gasteiger partial charge in [0, 0.05) is 5.41 Å². The standard InChI is InChI=1S/C9H16O/c1-8-5-3-4-6-9(8,2)7-10/h10H,1,3-7H2,2H3. The predicted octanol–water partition coefficient (Wildman–Crippen LogP) is 2.12. The van der Waals surface area contributed by atoms with Crippen molar-refractivity contribution >= 4 is 0 Å². The zero-order chi connectivity index (χ0) is 7.61. The van der Waals surface area contributed by atoms with E-state index in [1.807, 2.05) is 0 Å². The summed E-state index contributed by atoms with van der Waals surface area (Å²) in [5, 5.41) is 9.06. The van der Waals surface area contributed by atoms with Gasteiger partial charge in [0.2, 0.25) is 0 Å². The van der Waals surface area contributed by atoms with Gasteiger partial charge in [-0.2, -0.15) is 0 Å². The van der Waals surface area contributed by atoms with Crippen LogP contribution in [-0.2, 0) is 0 Å². The van der Waals surface area contributed by atoms with Gasteiger partial charge in [-0.15, -0.1) is 0 Å². The summed E-state index contributed by atoms with van der Waals surface area (Å²) in [5.74, 6) is 0. The molecule has 0 heterocycles. The maximum Gasteiger partial charge on any atom is 0.0521 e. The van der Waals surface area contributed by atoms with Gasteiger partial charge in [0.15, 0.2) is 0 Å². The molecule has 1 heteroatoms. The first-order valence-corrected chi connectivity index (χ1v) is 3.98. The van der Waals surface area contributed by atoms with Crippen molar-refractivity contribution in [3.05, 3.63) is 12.2 Å². The second-order valence-corrected chi connectivity index (χ2v) is 3.53. The van der Waals surface area contributed by atoms with Crippen molar-refractivity contribution < 1.29 is 5.11 Å². The van der Waals surface area contributed by atoms with Crippen molar-refractivity contribution in [1.82, 2.24) is 0 Å². The fourth-order valence-electron chi connectivity index (χ4n) is 1.52. The molecule has 0 saturated heterocycles. The van der Waals surface area contributed by atoms with Crippen LogP contribution in [0.2, 0.25) is 0 Å². The second-order valence-electron chi connectivity index (χ2n) is 3.53. The summed E-state index contributed by atoms with van der Waals surface area (Å²) < 4.78 is 0. The van der Waals surface area contributed by atoms with Gasteiger partial charge in [-0.3, -0.25) is 0 Å². The Morgan fingerprint density at radius 3 is 2.70 bits per heavy atom. The molecular weight excluding hydrogens is 124 g/mol. The Morgan fingerprint density at radius 2 is 2.30 bits per heavy atom. The molecule has 1 aliphatic rings. The van der Waals surface area contributed by atoms with Crippen LogP contribution in [0.15, 0.2) is 12.2 Å². The van der Waals surface area contributed by atoms with E-state index in [1.54, 1.807) is 0 Å². The molecule has 0 radical (unpaired) electrons. The third kappa shape index (κ3) is 1.24. The summed E-state index contributed by atoms with van der Waals surface area (Å²) in [6, 6.07) is 0. The number of aliphatic hydroxyl groups is 1. The first-order chi connectivity index (χ1) is 4.69. The summed E-state index contributed by atoms with van der Waals surface area (Å²) in [5.41, 5.74) is 1.28. The van der Waals surface area contributed by atoms with Crippen molar-refractivity contribution in [2.24, 2.45) is 5.41 Å². The molecule has 1 atom stereocenters. The summed E-state index contributed by atoms with van der Waals surface area (Å²) in [6.45, 7) is 6.35. The largest absolute Gasteiger partial charge is 0.395 e. The lowest BCUT2D eigenvalue weighted by Crippen LogP contribution is -2.26. The number of aliphatic hydroxyl groups excluding tert-OH is 1. The van der Waals surface area contributed by atoms with Crippen molar-refractivity contribution in [2.45, 2.75) is 32.6 Å². The van der Waals surface area contributed by atoms with Crippen LogP contribution in [0.3, 0.4) is 0 Å². The average molecular weight is 140 g/mol. The normalized spacial score (nSPS) is 34.4.